The molecular weight excluding hydrogens is 398 g/mol. The van der Waals surface area contributed by atoms with E-state index in [9.17, 15) is 14.4 Å². The normalized spacial score (nSPS) is 10.4. The highest BCUT2D eigenvalue weighted by atomic mass is 35.5. The van der Waals surface area contributed by atoms with E-state index in [0.29, 0.717) is 22.0 Å². The first-order valence-electron chi connectivity index (χ1n) is 8.55. The van der Waals surface area contributed by atoms with Gasteiger partial charge in [-0.15, -0.1) is 0 Å². The van der Waals surface area contributed by atoms with Crippen LogP contribution < -0.4 is 15.5 Å². The maximum atomic E-state index is 11.9. The molecule has 0 unspecified atom stereocenters. The van der Waals surface area contributed by atoms with Crippen molar-refractivity contribution in [2.75, 3.05) is 19.0 Å². The second-order valence-corrected chi connectivity index (χ2v) is 6.32. The van der Waals surface area contributed by atoms with Crippen molar-refractivity contribution in [2.45, 2.75) is 13.3 Å². The summed E-state index contributed by atoms with van der Waals surface area (Å²) in [5.74, 6) is -1.03. The van der Waals surface area contributed by atoms with E-state index < -0.39 is 17.8 Å². The van der Waals surface area contributed by atoms with Crippen LogP contribution in [0, 0.1) is 6.92 Å². The summed E-state index contributed by atoms with van der Waals surface area (Å²) in [6.07, 6.45) is 1.03. The lowest BCUT2D eigenvalue weighted by molar-refractivity contribution is -0.143. The van der Waals surface area contributed by atoms with Crippen LogP contribution >= 0.6 is 11.6 Å². The van der Waals surface area contributed by atoms with Crippen LogP contribution in [0.1, 0.15) is 17.5 Å². The molecular formula is C20H20ClN3O5. The molecule has 152 valence electrons. The molecule has 0 radical (unpaired) electrons. The van der Waals surface area contributed by atoms with Gasteiger partial charge in [0, 0.05) is 10.7 Å². The van der Waals surface area contributed by atoms with Crippen molar-refractivity contribution in [2.24, 2.45) is 5.10 Å². The molecule has 0 bridgehead atoms. The number of carbonyl (C=O) groups is 3. The number of ether oxygens (including phenoxy) is 2. The molecule has 0 aliphatic heterocycles. The third-order valence-corrected chi connectivity index (χ3v) is 4.05. The maximum Gasteiger partial charge on any atom is 0.343 e. The smallest absolute Gasteiger partial charge is 0.343 e. The van der Waals surface area contributed by atoms with Gasteiger partial charge < -0.3 is 14.8 Å². The number of methoxy groups -OCH3 is 1. The molecule has 0 saturated carbocycles. The predicted molar refractivity (Wildman–Crippen MR) is 109 cm³/mol. The number of hydrogen-bond donors (Lipinski definition) is 2. The summed E-state index contributed by atoms with van der Waals surface area (Å²) < 4.78 is 9.70. The average Bonchev–Trinajstić information content (AvgIpc) is 2.69. The fourth-order valence-electron chi connectivity index (χ4n) is 2.09. The minimum Gasteiger partial charge on any atom is -0.482 e. The van der Waals surface area contributed by atoms with Crippen LogP contribution in [-0.2, 0) is 19.1 Å². The van der Waals surface area contributed by atoms with Gasteiger partial charge >= 0.3 is 5.97 Å². The highest BCUT2D eigenvalue weighted by Gasteiger charge is 2.09. The lowest BCUT2D eigenvalue weighted by Crippen LogP contribution is -2.24. The number of carbonyl (C=O) groups excluding carboxylic acids is 3. The average molecular weight is 418 g/mol. The summed E-state index contributed by atoms with van der Waals surface area (Å²) in [6, 6.07) is 11.8. The largest absolute Gasteiger partial charge is 0.482 e. The SMILES string of the molecule is COC(=O)COc1ccc(C=NNC(=O)CC(=O)Nc2ccc(C)c(Cl)c2)cc1. The molecule has 0 saturated heterocycles. The minimum atomic E-state index is -0.560. The number of aryl methyl sites for hydroxylation is 1. The summed E-state index contributed by atoms with van der Waals surface area (Å²) in [5, 5.41) is 6.93. The van der Waals surface area contributed by atoms with Crippen molar-refractivity contribution in [1.29, 1.82) is 0 Å². The number of anilines is 1. The van der Waals surface area contributed by atoms with Crippen LogP contribution in [0.5, 0.6) is 5.75 Å². The van der Waals surface area contributed by atoms with E-state index in [1.165, 1.54) is 13.3 Å². The molecule has 0 aliphatic carbocycles. The molecule has 0 fully saturated rings. The van der Waals surface area contributed by atoms with Crippen molar-refractivity contribution >= 4 is 41.3 Å². The molecule has 2 rings (SSSR count). The van der Waals surface area contributed by atoms with Gasteiger partial charge in [0.15, 0.2) is 6.61 Å². The fraction of sp³-hybridized carbons (Fsp3) is 0.200. The molecule has 2 N–H and O–H groups in total. The van der Waals surface area contributed by atoms with Gasteiger partial charge in [-0.2, -0.15) is 5.10 Å². The summed E-state index contributed by atoms with van der Waals surface area (Å²) in [6.45, 7) is 1.67. The zero-order valence-corrected chi connectivity index (χ0v) is 16.7. The Hall–Kier alpha value is -3.39. The molecule has 0 heterocycles. The number of nitrogens with zero attached hydrogens (tertiary/aromatic N) is 1. The van der Waals surface area contributed by atoms with Crippen molar-refractivity contribution < 1.29 is 23.9 Å². The Morgan fingerprint density at radius 1 is 1.10 bits per heavy atom. The summed E-state index contributed by atoms with van der Waals surface area (Å²) in [7, 11) is 1.28. The Labute approximate surface area is 172 Å². The number of halogens is 1. The highest BCUT2D eigenvalue weighted by Crippen LogP contribution is 2.20. The lowest BCUT2D eigenvalue weighted by atomic mass is 10.2. The Balaban J connectivity index is 1.77. The first-order chi connectivity index (χ1) is 13.9. The quantitative estimate of drug-likeness (QED) is 0.297. The molecule has 8 nitrogen and oxygen atoms in total. The van der Waals surface area contributed by atoms with Gasteiger partial charge in [-0.1, -0.05) is 17.7 Å². The van der Waals surface area contributed by atoms with Crippen LogP contribution in [0.25, 0.3) is 0 Å². The Kier molecular flexibility index (Phi) is 8.17. The molecule has 0 aliphatic rings. The zero-order valence-electron chi connectivity index (χ0n) is 15.9. The van der Waals surface area contributed by atoms with Gasteiger partial charge in [0.25, 0.3) is 0 Å². The van der Waals surface area contributed by atoms with Crippen LogP contribution in [0.3, 0.4) is 0 Å². The maximum absolute atomic E-state index is 11.9. The number of amides is 2. The molecule has 2 aromatic rings. The molecule has 29 heavy (non-hydrogen) atoms. The van der Waals surface area contributed by atoms with E-state index in [0.717, 1.165) is 5.56 Å². The van der Waals surface area contributed by atoms with E-state index in [1.54, 1.807) is 42.5 Å². The molecule has 0 atom stereocenters. The van der Waals surface area contributed by atoms with Crippen molar-refractivity contribution in [3.05, 3.63) is 58.6 Å². The van der Waals surface area contributed by atoms with Crippen LogP contribution in [-0.4, -0.2) is 37.7 Å². The first kappa shape index (κ1) is 21.9. The topological polar surface area (TPSA) is 106 Å². The number of esters is 1. The van der Waals surface area contributed by atoms with Gasteiger partial charge in [-0.05, 0) is 54.4 Å². The minimum absolute atomic E-state index is 0.184. The third kappa shape index (κ3) is 7.63. The Morgan fingerprint density at radius 3 is 2.48 bits per heavy atom. The Bertz CT molecular complexity index is 913. The Morgan fingerprint density at radius 2 is 1.83 bits per heavy atom. The van der Waals surface area contributed by atoms with Gasteiger partial charge in [0.2, 0.25) is 11.8 Å². The molecule has 0 aromatic heterocycles. The van der Waals surface area contributed by atoms with Gasteiger partial charge in [0.05, 0.1) is 13.3 Å². The number of hydrogen-bond acceptors (Lipinski definition) is 6. The van der Waals surface area contributed by atoms with Crippen molar-refractivity contribution in [3.8, 4) is 5.75 Å². The third-order valence-electron chi connectivity index (χ3n) is 3.64. The van der Waals surface area contributed by atoms with Crippen LogP contribution in [0.15, 0.2) is 47.6 Å². The monoisotopic (exact) mass is 417 g/mol. The van der Waals surface area contributed by atoms with Crippen LogP contribution in [0.4, 0.5) is 5.69 Å². The van der Waals surface area contributed by atoms with E-state index >= 15 is 0 Å². The molecule has 9 heteroatoms. The number of nitrogens with one attached hydrogen (secondary N) is 2. The van der Waals surface area contributed by atoms with Gasteiger partial charge in [-0.3, -0.25) is 9.59 Å². The summed E-state index contributed by atoms with van der Waals surface area (Å²) in [5.41, 5.74) is 4.37. The number of benzene rings is 2. The number of rotatable bonds is 8. The van der Waals surface area contributed by atoms with Gasteiger partial charge in [-0.25, -0.2) is 10.2 Å². The van der Waals surface area contributed by atoms with E-state index in [2.05, 4.69) is 20.6 Å². The summed E-state index contributed by atoms with van der Waals surface area (Å²) in [4.78, 5) is 34.7. The van der Waals surface area contributed by atoms with E-state index in [-0.39, 0.29) is 13.0 Å². The number of hydrazone groups is 1. The van der Waals surface area contributed by atoms with E-state index in [1.807, 2.05) is 6.92 Å². The van der Waals surface area contributed by atoms with Crippen LogP contribution in [0.2, 0.25) is 5.02 Å². The predicted octanol–water partition coefficient (Wildman–Crippen LogP) is 2.68. The van der Waals surface area contributed by atoms with Crippen molar-refractivity contribution in [1.82, 2.24) is 5.43 Å². The molecule has 0 spiro atoms. The second kappa shape index (κ2) is 10.8. The second-order valence-electron chi connectivity index (χ2n) is 5.92. The summed E-state index contributed by atoms with van der Waals surface area (Å²) >= 11 is 6.00. The molecule has 2 aromatic carbocycles. The highest BCUT2D eigenvalue weighted by molar-refractivity contribution is 6.31. The standard InChI is InChI=1S/C20H20ClN3O5/c1-13-3-6-15(9-17(13)21)23-18(25)10-19(26)24-22-11-14-4-7-16(8-5-14)29-12-20(27)28-2/h3-9,11H,10,12H2,1-2H3,(H,23,25)(H,24,26). The lowest BCUT2D eigenvalue weighted by Gasteiger charge is -2.06. The van der Waals surface area contributed by atoms with E-state index in [4.69, 9.17) is 16.3 Å². The molecule has 2 amide bonds. The first-order valence-corrected chi connectivity index (χ1v) is 8.93. The fourth-order valence-corrected chi connectivity index (χ4v) is 2.27. The van der Waals surface area contributed by atoms with Crippen molar-refractivity contribution in [3.63, 3.8) is 0 Å². The zero-order chi connectivity index (χ0) is 21.2. The van der Waals surface area contributed by atoms with Gasteiger partial charge in [0.1, 0.15) is 12.2 Å².